The molecule has 0 saturated carbocycles. The lowest BCUT2D eigenvalue weighted by Gasteiger charge is -2.27. The molecule has 1 spiro atoms. The molecule has 6 heteroatoms. The van der Waals surface area contributed by atoms with Crippen molar-refractivity contribution in [3.05, 3.63) is 34.0 Å². The van der Waals surface area contributed by atoms with E-state index in [1.807, 2.05) is 0 Å². The summed E-state index contributed by atoms with van der Waals surface area (Å²) in [4.78, 5) is 17.8. The van der Waals surface area contributed by atoms with Crippen molar-refractivity contribution < 1.29 is 4.92 Å². The Bertz CT molecular complexity index is 517. The molecule has 0 bridgehead atoms. The van der Waals surface area contributed by atoms with Crippen LogP contribution in [0.5, 0.6) is 0 Å². The van der Waals surface area contributed by atoms with Gasteiger partial charge in [-0.15, -0.1) is 0 Å². The zero-order chi connectivity index (χ0) is 12.8. The summed E-state index contributed by atoms with van der Waals surface area (Å²) in [7, 11) is 0. The Kier molecular flexibility index (Phi) is 2.55. The number of hydrogen-bond donors (Lipinski definition) is 0. The number of rotatable bonds is 1. The van der Waals surface area contributed by atoms with Gasteiger partial charge >= 0.3 is 0 Å². The minimum atomic E-state index is -0.677. The molecule has 3 aliphatic rings. The average Bonchev–Trinajstić information content (AvgIpc) is 3.09. The van der Waals surface area contributed by atoms with Crippen molar-refractivity contribution in [3.63, 3.8) is 0 Å². The van der Waals surface area contributed by atoms with E-state index in [2.05, 4.69) is 9.89 Å². The lowest BCUT2D eigenvalue weighted by molar-refractivity contribution is -0.419. The maximum atomic E-state index is 10.8. The van der Waals surface area contributed by atoms with E-state index in [1.165, 1.54) is 12.5 Å². The summed E-state index contributed by atoms with van der Waals surface area (Å²) >= 11 is 5.29. The Morgan fingerprint density at radius 1 is 1.33 bits per heavy atom. The second-order valence-corrected chi connectivity index (χ2v) is 5.21. The number of piperidine rings is 1. The Labute approximate surface area is 110 Å². The molecular formula is C12H13N3O2S. The van der Waals surface area contributed by atoms with E-state index < -0.39 is 5.54 Å². The van der Waals surface area contributed by atoms with E-state index in [4.69, 9.17) is 12.2 Å². The largest absolute Gasteiger partial charge is 0.358 e. The van der Waals surface area contributed by atoms with Crippen molar-refractivity contribution in [1.82, 2.24) is 4.90 Å². The lowest BCUT2D eigenvalue weighted by atomic mass is 9.94. The number of thiocarbonyl (C=S) groups is 1. The third-order valence-corrected chi connectivity index (χ3v) is 4.02. The highest BCUT2D eigenvalue weighted by Crippen LogP contribution is 2.38. The molecule has 1 fully saturated rings. The van der Waals surface area contributed by atoms with E-state index in [1.54, 1.807) is 12.2 Å². The van der Waals surface area contributed by atoms with Gasteiger partial charge in [0.1, 0.15) is 5.84 Å². The molecular weight excluding hydrogens is 250 g/mol. The van der Waals surface area contributed by atoms with Crippen LogP contribution >= 0.6 is 12.2 Å². The van der Waals surface area contributed by atoms with Gasteiger partial charge in [-0.25, -0.2) is 4.99 Å². The smallest absolute Gasteiger partial charge is 0.268 e. The first kappa shape index (κ1) is 11.5. The predicted octanol–water partition coefficient (Wildman–Crippen LogP) is 1.72. The summed E-state index contributed by atoms with van der Waals surface area (Å²) in [5, 5.41) is 10.8. The summed E-state index contributed by atoms with van der Waals surface area (Å²) in [6, 6.07) is 0. The minimum absolute atomic E-state index is 0.0827. The van der Waals surface area contributed by atoms with Crippen molar-refractivity contribution in [3.8, 4) is 0 Å². The molecule has 0 amide bonds. The highest BCUT2D eigenvalue weighted by molar-refractivity contribution is 7.81. The first-order valence-corrected chi connectivity index (χ1v) is 6.49. The van der Waals surface area contributed by atoms with Crippen molar-refractivity contribution in [2.45, 2.75) is 24.8 Å². The normalized spacial score (nSPS) is 30.2. The van der Waals surface area contributed by atoms with Gasteiger partial charge in [0, 0.05) is 25.2 Å². The van der Waals surface area contributed by atoms with E-state index in [0.717, 1.165) is 31.8 Å². The summed E-state index contributed by atoms with van der Waals surface area (Å²) in [6.45, 7) is 1.96. The standard InChI is InChI=1S/C12H13N3O2S/c16-15(17)9-4-5-10(18)12(8-9)11(13-12)14-6-2-1-3-7-14/h4-5,8H,1-3,6-7H2. The third kappa shape index (κ3) is 1.68. The molecule has 18 heavy (non-hydrogen) atoms. The molecule has 0 aromatic rings. The van der Waals surface area contributed by atoms with Gasteiger partial charge in [0.05, 0.1) is 9.79 Å². The second-order valence-electron chi connectivity index (χ2n) is 4.77. The number of nitro groups is 1. The van der Waals surface area contributed by atoms with Crippen LogP contribution in [0.25, 0.3) is 0 Å². The molecule has 94 valence electrons. The first-order valence-electron chi connectivity index (χ1n) is 6.08. The van der Waals surface area contributed by atoms with Crippen molar-refractivity contribution in [2.75, 3.05) is 13.1 Å². The van der Waals surface area contributed by atoms with E-state index in [9.17, 15) is 10.1 Å². The molecule has 0 radical (unpaired) electrons. The third-order valence-electron chi connectivity index (χ3n) is 3.58. The van der Waals surface area contributed by atoms with Crippen molar-refractivity contribution in [2.24, 2.45) is 4.99 Å². The highest BCUT2D eigenvalue weighted by Gasteiger charge is 2.54. The number of nitrogens with zero attached hydrogens (tertiary/aromatic N) is 3. The quantitative estimate of drug-likeness (QED) is 0.410. The molecule has 3 rings (SSSR count). The van der Waals surface area contributed by atoms with Gasteiger partial charge in [0.25, 0.3) is 5.70 Å². The molecule has 0 N–H and O–H groups in total. The van der Waals surface area contributed by atoms with Crippen molar-refractivity contribution >= 4 is 22.9 Å². The van der Waals surface area contributed by atoms with Crippen LogP contribution in [0.3, 0.4) is 0 Å². The monoisotopic (exact) mass is 263 g/mol. The van der Waals surface area contributed by atoms with Crippen LogP contribution in [-0.4, -0.2) is 39.2 Å². The predicted molar refractivity (Wildman–Crippen MR) is 72.4 cm³/mol. The molecule has 2 aliphatic heterocycles. The SMILES string of the molecule is O=[N+]([O-])C1=CC2(N=C2N2CCCCC2)C(=S)C=C1. The van der Waals surface area contributed by atoms with E-state index >= 15 is 0 Å². The van der Waals surface area contributed by atoms with Gasteiger partial charge in [-0.2, -0.15) is 0 Å². The van der Waals surface area contributed by atoms with Crippen LogP contribution in [0.1, 0.15) is 19.3 Å². The molecule has 0 aromatic heterocycles. The number of hydrogen-bond acceptors (Lipinski definition) is 5. The Morgan fingerprint density at radius 2 is 2.06 bits per heavy atom. The van der Waals surface area contributed by atoms with Gasteiger partial charge in [-0.05, 0) is 25.3 Å². The molecule has 1 atom stereocenters. The Hall–Kier alpha value is -1.56. The lowest BCUT2D eigenvalue weighted by Crippen LogP contribution is -2.41. The molecule has 5 nitrogen and oxygen atoms in total. The number of aliphatic imine (C=N–C) groups is 1. The van der Waals surface area contributed by atoms with Gasteiger partial charge < -0.3 is 4.90 Å². The second kappa shape index (κ2) is 3.98. The van der Waals surface area contributed by atoms with Gasteiger partial charge in [0.2, 0.25) is 0 Å². The number of likely N-dealkylation sites (tertiary alicyclic amines) is 1. The van der Waals surface area contributed by atoms with Crippen LogP contribution < -0.4 is 0 Å². The van der Waals surface area contributed by atoms with Crippen LogP contribution in [-0.2, 0) is 0 Å². The van der Waals surface area contributed by atoms with Crippen LogP contribution in [0.15, 0.2) is 28.9 Å². The fourth-order valence-electron chi connectivity index (χ4n) is 2.55. The molecule has 1 unspecified atom stereocenters. The fourth-order valence-corrected chi connectivity index (χ4v) is 2.82. The van der Waals surface area contributed by atoms with Gasteiger partial charge in [0.15, 0.2) is 5.54 Å². The van der Waals surface area contributed by atoms with Gasteiger partial charge in [-0.1, -0.05) is 12.2 Å². The summed E-state index contributed by atoms with van der Waals surface area (Å²) in [5.74, 6) is 0.913. The maximum absolute atomic E-state index is 10.8. The topological polar surface area (TPSA) is 58.7 Å². The van der Waals surface area contributed by atoms with Crippen LogP contribution in [0.2, 0.25) is 0 Å². The maximum Gasteiger partial charge on any atom is 0.268 e. The van der Waals surface area contributed by atoms with Crippen LogP contribution in [0.4, 0.5) is 0 Å². The zero-order valence-corrected chi connectivity index (χ0v) is 10.7. The fraction of sp³-hybridized carbons (Fsp3) is 0.500. The number of allylic oxidation sites excluding steroid dienone is 1. The highest BCUT2D eigenvalue weighted by atomic mass is 32.1. The minimum Gasteiger partial charge on any atom is -0.358 e. The molecule has 1 aliphatic carbocycles. The Morgan fingerprint density at radius 3 is 2.72 bits per heavy atom. The molecule has 1 saturated heterocycles. The summed E-state index contributed by atoms with van der Waals surface area (Å²) < 4.78 is 0. The Balaban J connectivity index is 1.83. The average molecular weight is 263 g/mol. The van der Waals surface area contributed by atoms with E-state index in [0.29, 0.717) is 4.86 Å². The number of amidine groups is 1. The van der Waals surface area contributed by atoms with Gasteiger partial charge in [-0.3, -0.25) is 10.1 Å². The molecule has 0 aromatic carbocycles. The first-order chi connectivity index (χ1) is 8.63. The summed E-state index contributed by atoms with van der Waals surface area (Å²) in [6.07, 6.45) is 8.23. The van der Waals surface area contributed by atoms with Crippen molar-refractivity contribution in [1.29, 1.82) is 0 Å². The van der Waals surface area contributed by atoms with Crippen LogP contribution in [0, 0.1) is 10.1 Å². The van der Waals surface area contributed by atoms with E-state index in [-0.39, 0.29) is 10.6 Å². The summed E-state index contributed by atoms with van der Waals surface area (Å²) in [5.41, 5.74) is -0.594. The molecule has 2 heterocycles. The zero-order valence-electron chi connectivity index (χ0n) is 9.83.